The standard InChI is InChI=1S/C18H18N2O4S/c1-10(2)24-17(22)16-11(3)20-14(9-21)15(19-18(20)25-16)12-5-7-13(23-4)8-6-12/h5-10H,1-4H3. The van der Waals surface area contributed by atoms with Crippen molar-refractivity contribution in [1.29, 1.82) is 0 Å². The molecule has 3 rings (SSSR count). The van der Waals surface area contributed by atoms with Gasteiger partial charge in [0.25, 0.3) is 0 Å². The summed E-state index contributed by atoms with van der Waals surface area (Å²) in [6.45, 7) is 5.38. The first-order valence-corrected chi connectivity index (χ1v) is 8.60. The molecule has 0 unspecified atom stereocenters. The van der Waals surface area contributed by atoms with Gasteiger partial charge in [-0.05, 0) is 45.0 Å². The largest absolute Gasteiger partial charge is 0.497 e. The monoisotopic (exact) mass is 358 g/mol. The summed E-state index contributed by atoms with van der Waals surface area (Å²) in [6, 6.07) is 7.33. The number of thiazole rings is 1. The number of esters is 1. The van der Waals surface area contributed by atoms with Gasteiger partial charge < -0.3 is 9.47 Å². The van der Waals surface area contributed by atoms with Crippen molar-refractivity contribution in [2.24, 2.45) is 0 Å². The number of ether oxygens (including phenoxy) is 2. The zero-order valence-corrected chi connectivity index (χ0v) is 15.2. The molecular formula is C18H18N2O4S. The molecule has 0 aliphatic heterocycles. The minimum atomic E-state index is -0.397. The lowest BCUT2D eigenvalue weighted by molar-refractivity contribution is 0.0382. The van der Waals surface area contributed by atoms with Crippen LogP contribution in [0.2, 0.25) is 0 Å². The number of aromatic nitrogens is 2. The SMILES string of the molecule is COc1ccc(-c2nc3sc(C(=O)OC(C)C)c(C)n3c2C=O)cc1. The summed E-state index contributed by atoms with van der Waals surface area (Å²) < 4.78 is 12.1. The van der Waals surface area contributed by atoms with Crippen molar-refractivity contribution in [1.82, 2.24) is 9.38 Å². The van der Waals surface area contributed by atoms with Crippen LogP contribution in [0.25, 0.3) is 16.2 Å². The van der Waals surface area contributed by atoms with Crippen LogP contribution in [0.1, 0.15) is 39.7 Å². The summed E-state index contributed by atoms with van der Waals surface area (Å²) in [4.78, 5) is 29.5. The lowest BCUT2D eigenvalue weighted by Crippen LogP contribution is -2.11. The summed E-state index contributed by atoms with van der Waals surface area (Å²) in [7, 11) is 1.60. The van der Waals surface area contributed by atoms with Gasteiger partial charge in [-0.15, -0.1) is 0 Å². The molecule has 0 bridgehead atoms. The van der Waals surface area contributed by atoms with E-state index in [1.165, 1.54) is 11.3 Å². The molecule has 6 nitrogen and oxygen atoms in total. The van der Waals surface area contributed by atoms with Gasteiger partial charge >= 0.3 is 5.97 Å². The molecule has 130 valence electrons. The van der Waals surface area contributed by atoms with Crippen molar-refractivity contribution in [2.75, 3.05) is 7.11 Å². The molecule has 0 saturated carbocycles. The van der Waals surface area contributed by atoms with Gasteiger partial charge in [0.05, 0.1) is 13.2 Å². The number of aldehydes is 1. The Kier molecular flexibility index (Phi) is 4.59. The van der Waals surface area contributed by atoms with Crippen LogP contribution in [0.5, 0.6) is 5.75 Å². The third kappa shape index (κ3) is 3.02. The lowest BCUT2D eigenvalue weighted by Gasteiger charge is -2.07. The smallest absolute Gasteiger partial charge is 0.350 e. The Morgan fingerprint density at radius 2 is 1.96 bits per heavy atom. The van der Waals surface area contributed by atoms with Gasteiger partial charge in [0.2, 0.25) is 0 Å². The van der Waals surface area contributed by atoms with E-state index in [0.717, 1.165) is 17.6 Å². The predicted molar refractivity (Wildman–Crippen MR) is 95.7 cm³/mol. The summed E-state index contributed by atoms with van der Waals surface area (Å²) in [5.41, 5.74) is 2.46. The molecule has 0 amide bonds. The fourth-order valence-electron chi connectivity index (χ4n) is 2.60. The molecule has 3 aromatic rings. The van der Waals surface area contributed by atoms with E-state index in [9.17, 15) is 9.59 Å². The lowest BCUT2D eigenvalue weighted by atomic mass is 10.1. The van der Waals surface area contributed by atoms with Crippen LogP contribution in [0.3, 0.4) is 0 Å². The van der Waals surface area contributed by atoms with Gasteiger partial charge in [-0.25, -0.2) is 9.78 Å². The molecule has 0 atom stereocenters. The Bertz CT molecular complexity index is 938. The minimum absolute atomic E-state index is 0.207. The molecule has 0 N–H and O–H groups in total. The molecule has 0 saturated heterocycles. The number of carbonyl (C=O) groups excluding carboxylic acids is 2. The second kappa shape index (κ2) is 6.68. The molecule has 25 heavy (non-hydrogen) atoms. The molecule has 0 fully saturated rings. The molecule has 2 heterocycles. The molecule has 0 aliphatic rings. The number of imidazole rings is 1. The highest BCUT2D eigenvalue weighted by molar-refractivity contribution is 7.19. The number of methoxy groups -OCH3 is 1. The van der Waals surface area contributed by atoms with E-state index < -0.39 is 5.97 Å². The second-order valence-electron chi connectivity index (χ2n) is 5.78. The molecular weight excluding hydrogens is 340 g/mol. The van der Waals surface area contributed by atoms with Gasteiger partial charge in [0, 0.05) is 11.3 Å². The molecule has 0 spiro atoms. The van der Waals surface area contributed by atoms with Crippen molar-refractivity contribution in [3.8, 4) is 17.0 Å². The third-order valence-electron chi connectivity index (χ3n) is 3.74. The molecule has 0 aliphatic carbocycles. The van der Waals surface area contributed by atoms with Crippen molar-refractivity contribution in [2.45, 2.75) is 26.9 Å². The van der Waals surface area contributed by atoms with E-state index in [0.29, 0.717) is 26.9 Å². The number of hydrogen-bond donors (Lipinski definition) is 0. The fourth-order valence-corrected chi connectivity index (χ4v) is 3.61. The number of nitrogens with zero attached hydrogens (tertiary/aromatic N) is 2. The summed E-state index contributed by atoms with van der Waals surface area (Å²) >= 11 is 1.22. The number of carbonyl (C=O) groups is 2. The van der Waals surface area contributed by atoms with Crippen LogP contribution in [-0.2, 0) is 4.74 Å². The van der Waals surface area contributed by atoms with Gasteiger partial charge in [0.15, 0.2) is 11.2 Å². The Hall–Kier alpha value is -2.67. The quantitative estimate of drug-likeness (QED) is 0.513. The third-order valence-corrected chi connectivity index (χ3v) is 4.87. The van der Waals surface area contributed by atoms with Crippen LogP contribution >= 0.6 is 11.3 Å². The highest BCUT2D eigenvalue weighted by Crippen LogP contribution is 2.31. The highest BCUT2D eigenvalue weighted by atomic mass is 32.1. The highest BCUT2D eigenvalue weighted by Gasteiger charge is 2.23. The Morgan fingerprint density at radius 1 is 1.28 bits per heavy atom. The normalized spacial score (nSPS) is 11.1. The molecule has 1 aromatic carbocycles. The second-order valence-corrected chi connectivity index (χ2v) is 6.76. The minimum Gasteiger partial charge on any atom is -0.497 e. The number of hydrogen-bond acceptors (Lipinski definition) is 6. The van der Waals surface area contributed by atoms with E-state index >= 15 is 0 Å². The van der Waals surface area contributed by atoms with E-state index in [1.807, 2.05) is 24.3 Å². The summed E-state index contributed by atoms with van der Waals surface area (Å²) in [5, 5.41) is 0. The van der Waals surface area contributed by atoms with Crippen LogP contribution in [0.15, 0.2) is 24.3 Å². The zero-order valence-electron chi connectivity index (χ0n) is 14.4. The Labute approximate surface area is 149 Å². The molecule has 7 heteroatoms. The van der Waals surface area contributed by atoms with Gasteiger partial charge in [-0.2, -0.15) is 0 Å². The topological polar surface area (TPSA) is 69.9 Å². The first-order valence-electron chi connectivity index (χ1n) is 7.78. The van der Waals surface area contributed by atoms with Gasteiger partial charge in [-0.3, -0.25) is 9.20 Å². The Morgan fingerprint density at radius 3 is 2.52 bits per heavy atom. The van der Waals surface area contributed by atoms with Gasteiger partial charge in [0.1, 0.15) is 22.0 Å². The molecule has 0 radical (unpaired) electrons. The average Bonchev–Trinajstić information content (AvgIpc) is 3.11. The van der Waals surface area contributed by atoms with Crippen molar-refractivity contribution >= 4 is 28.6 Å². The summed E-state index contributed by atoms with van der Waals surface area (Å²) in [6.07, 6.45) is 0.554. The van der Waals surface area contributed by atoms with E-state index in [2.05, 4.69) is 4.98 Å². The zero-order chi connectivity index (χ0) is 18.1. The number of fused-ring (bicyclic) bond motifs is 1. The van der Waals surface area contributed by atoms with Crippen molar-refractivity contribution in [3.63, 3.8) is 0 Å². The maximum Gasteiger partial charge on any atom is 0.350 e. The van der Waals surface area contributed by atoms with Crippen molar-refractivity contribution in [3.05, 3.63) is 40.5 Å². The van der Waals surface area contributed by atoms with Crippen LogP contribution in [-0.4, -0.2) is 34.9 Å². The van der Waals surface area contributed by atoms with Crippen LogP contribution in [0.4, 0.5) is 0 Å². The predicted octanol–water partition coefficient (Wildman–Crippen LogP) is 3.76. The van der Waals surface area contributed by atoms with E-state index in [4.69, 9.17) is 9.47 Å². The Balaban J connectivity index is 2.10. The maximum absolute atomic E-state index is 12.2. The molecule has 2 aromatic heterocycles. The fraction of sp³-hybridized carbons (Fsp3) is 0.278. The van der Waals surface area contributed by atoms with Crippen molar-refractivity contribution < 1.29 is 19.1 Å². The van der Waals surface area contributed by atoms with E-state index in [1.54, 1.807) is 32.3 Å². The number of rotatable bonds is 5. The number of aryl methyl sites for hydroxylation is 1. The first-order chi connectivity index (χ1) is 12.0. The van der Waals surface area contributed by atoms with Gasteiger partial charge in [-0.1, -0.05) is 11.3 Å². The van der Waals surface area contributed by atoms with E-state index in [-0.39, 0.29) is 6.10 Å². The summed E-state index contributed by atoms with van der Waals surface area (Å²) in [5.74, 6) is 0.332. The van der Waals surface area contributed by atoms with Crippen LogP contribution < -0.4 is 4.74 Å². The van der Waals surface area contributed by atoms with Crippen LogP contribution in [0, 0.1) is 6.92 Å². The first kappa shape index (κ1) is 17.2. The maximum atomic E-state index is 12.2. The number of benzene rings is 1. The average molecular weight is 358 g/mol.